The van der Waals surface area contributed by atoms with Crippen molar-refractivity contribution in [2.24, 2.45) is 11.8 Å². The summed E-state index contributed by atoms with van der Waals surface area (Å²) in [5.74, 6) is 1.78. The summed E-state index contributed by atoms with van der Waals surface area (Å²) >= 11 is 0. The zero-order valence-corrected chi connectivity index (χ0v) is 17.6. The van der Waals surface area contributed by atoms with Gasteiger partial charge >= 0.3 is 6.18 Å². The molecular weight excluding hydrogens is 433 g/mol. The van der Waals surface area contributed by atoms with Crippen molar-refractivity contribution in [3.05, 3.63) is 30.1 Å². The molecule has 3 aliphatic rings. The second-order valence-electron chi connectivity index (χ2n) is 8.02. The molecule has 1 aliphatic heterocycles. The van der Waals surface area contributed by atoms with E-state index >= 15 is 0 Å². The van der Waals surface area contributed by atoms with Crippen molar-refractivity contribution in [2.45, 2.75) is 44.8 Å². The Labute approximate surface area is 183 Å². The van der Waals surface area contributed by atoms with Crippen LogP contribution in [0.2, 0.25) is 0 Å². The lowest BCUT2D eigenvalue weighted by Crippen LogP contribution is -2.30. The van der Waals surface area contributed by atoms with Crippen molar-refractivity contribution in [1.29, 1.82) is 0 Å². The minimum Gasteiger partial charge on any atom is -0.383 e. The van der Waals surface area contributed by atoms with Crippen LogP contribution >= 0.6 is 0 Å². The van der Waals surface area contributed by atoms with Gasteiger partial charge < -0.3 is 15.8 Å². The van der Waals surface area contributed by atoms with Crippen molar-refractivity contribution in [3.63, 3.8) is 0 Å². The standard InChI is InChI=1S/C11H9F5N4.C6H10.C4H9NO/c12-9(13)5-20-2-1-8(19-20)6-3-7(11(14,15)16)10(17)18-4-6;1-2-5-4-6(5)3-1;1-3-6-4-2-5-1/h1-4,9H,5H2,(H2,17,18);5-6H,1-4H2;5H,1-4H2. The average molecular weight is 461 g/mol. The molecule has 0 amide bonds. The third-order valence-corrected chi connectivity index (χ3v) is 5.55. The summed E-state index contributed by atoms with van der Waals surface area (Å²) in [6.45, 7) is 3.20. The van der Waals surface area contributed by atoms with E-state index in [1.54, 1.807) is 19.3 Å². The number of halogens is 5. The molecule has 0 spiro atoms. The van der Waals surface area contributed by atoms with Gasteiger partial charge in [-0.2, -0.15) is 18.3 Å². The molecule has 5 rings (SSSR count). The van der Waals surface area contributed by atoms with Gasteiger partial charge in [-0.25, -0.2) is 13.8 Å². The zero-order valence-electron chi connectivity index (χ0n) is 17.6. The molecular formula is C21H28F5N5O. The molecule has 2 aromatic rings. The van der Waals surface area contributed by atoms with Crippen LogP contribution in [0, 0.1) is 11.8 Å². The number of morpholine rings is 1. The van der Waals surface area contributed by atoms with E-state index in [9.17, 15) is 22.0 Å². The number of nitrogen functional groups attached to an aromatic ring is 1. The Morgan fingerprint density at radius 3 is 2.31 bits per heavy atom. The fourth-order valence-corrected chi connectivity index (χ4v) is 3.78. The SMILES string of the molecule is C1CC2CC2C1.C1COCCN1.Nc1ncc(-c2ccn(CC(F)F)n2)cc1C(F)(F)F. The first-order valence-corrected chi connectivity index (χ1v) is 10.7. The summed E-state index contributed by atoms with van der Waals surface area (Å²) in [7, 11) is 0. The smallest absolute Gasteiger partial charge is 0.383 e. The number of aromatic nitrogens is 3. The van der Waals surface area contributed by atoms with Crippen molar-refractivity contribution >= 4 is 5.82 Å². The van der Waals surface area contributed by atoms with Crippen molar-refractivity contribution in [1.82, 2.24) is 20.1 Å². The summed E-state index contributed by atoms with van der Waals surface area (Å²) in [5.41, 5.74) is 4.25. The fourth-order valence-electron chi connectivity index (χ4n) is 3.78. The predicted octanol–water partition coefficient (Wildman–Crippen LogP) is 4.22. The van der Waals surface area contributed by atoms with Crippen LogP contribution in [0.3, 0.4) is 0 Å². The highest BCUT2D eigenvalue weighted by Gasteiger charge is 2.40. The topological polar surface area (TPSA) is 78.0 Å². The van der Waals surface area contributed by atoms with Crippen molar-refractivity contribution < 1.29 is 26.7 Å². The van der Waals surface area contributed by atoms with Crippen LogP contribution in [0.25, 0.3) is 11.3 Å². The van der Waals surface area contributed by atoms with E-state index in [2.05, 4.69) is 15.4 Å². The Kier molecular flexibility index (Phi) is 8.41. The lowest BCUT2D eigenvalue weighted by atomic mass is 10.1. The second-order valence-corrected chi connectivity index (χ2v) is 8.02. The van der Waals surface area contributed by atoms with E-state index in [4.69, 9.17) is 10.5 Å². The quantitative estimate of drug-likeness (QED) is 0.670. The van der Waals surface area contributed by atoms with Gasteiger partial charge in [0.1, 0.15) is 12.4 Å². The van der Waals surface area contributed by atoms with Gasteiger partial charge in [0.05, 0.1) is 24.5 Å². The molecule has 2 saturated carbocycles. The van der Waals surface area contributed by atoms with Gasteiger partial charge in [-0.1, -0.05) is 19.3 Å². The summed E-state index contributed by atoms with van der Waals surface area (Å²) < 4.78 is 68.3. The molecule has 2 unspecified atom stereocenters. The lowest BCUT2D eigenvalue weighted by molar-refractivity contribution is -0.137. The number of nitrogens with zero attached hydrogens (tertiary/aromatic N) is 3. The van der Waals surface area contributed by atoms with Crippen LogP contribution in [0.4, 0.5) is 27.8 Å². The molecule has 0 bridgehead atoms. The van der Waals surface area contributed by atoms with Crippen molar-refractivity contribution in [2.75, 3.05) is 32.0 Å². The number of hydrogen-bond donors (Lipinski definition) is 2. The first kappa shape index (κ1) is 24.4. The molecule has 3 N–H and O–H groups in total. The van der Waals surface area contributed by atoms with Crippen LogP contribution in [-0.4, -0.2) is 47.5 Å². The number of alkyl halides is 5. The molecule has 11 heteroatoms. The summed E-state index contributed by atoms with van der Waals surface area (Å²) in [4.78, 5) is 3.45. The molecule has 3 fully saturated rings. The first-order valence-electron chi connectivity index (χ1n) is 10.7. The molecule has 0 radical (unpaired) electrons. The minimum absolute atomic E-state index is 0.0551. The highest BCUT2D eigenvalue weighted by molar-refractivity contribution is 5.61. The van der Waals surface area contributed by atoms with Crippen LogP contribution in [0.5, 0.6) is 0 Å². The fraction of sp³-hybridized carbons (Fsp3) is 0.619. The van der Waals surface area contributed by atoms with Gasteiger partial charge in [0, 0.05) is 31.0 Å². The Balaban J connectivity index is 0.000000191. The van der Waals surface area contributed by atoms with E-state index in [-0.39, 0.29) is 11.3 Å². The van der Waals surface area contributed by atoms with E-state index in [0.717, 1.165) is 43.2 Å². The molecule has 3 heterocycles. The maximum atomic E-state index is 12.7. The number of nitrogens with two attached hydrogens (primary N) is 1. The normalized spacial score (nSPS) is 21.8. The number of rotatable bonds is 3. The van der Waals surface area contributed by atoms with Crippen LogP contribution in [0.1, 0.15) is 31.2 Å². The molecule has 2 atom stereocenters. The Morgan fingerprint density at radius 2 is 1.88 bits per heavy atom. The molecule has 1 saturated heterocycles. The average Bonchev–Trinajstić information content (AvgIpc) is 3.11. The highest BCUT2D eigenvalue weighted by Crippen LogP contribution is 2.51. The van der Waals surface area contributed by atoms with Crippen LogP contribution < -0.4 is 11.1 Å². The Morgan fingerprint density at radius 1 is 1.19 bits per heavy atom. The molecule has 32 heavy (non-hydrogen) atoms. The number of anilines is 1. The molecule has 0 aromatic carbocycles. The summed E-state index contributed by atoms with van der Waals surface area (Å²) in [6, 6.07) is 2.12. The predicted molar refractivity (Wildman–Crippen MR) is 110 cm³/mol. The maximum Gasteiger partial charge on any atom is 0.419 e. The monoisotopic (exact) mass is 461 g/mol. The van der Waals surface area contributed by atoms with E-state index in [0.29, 0.717) is 0 Å². The first-order chi connectivity index (χ1) is 15.2. The molecule has 6 nitrogen and oxygen atoms in total. The van der Waals surface area contributed by atoms with Gasteiger partial charge in [0.2, 0.25) is 0 Å². The van der Waals surface area contributed by atoms with E-state index in [1.165, 1.54) is 30.5 Å². The number of pyridine rings is 1. The molecule has 2 aliphatic carbocycles. The molecule has 2 aromatic heterocycles. The second kappa shape index (κ2) is 11.0. The number of ether oxygens (including phenoxy) is 1. The minimum atomic E-state index is -4.64. The lowest BCUT2D eigenvalue weighted by Gasteiger charge is -2.10. The Hall–Kier alpha value is -2.27. The van der Waals surface area contributed by atoms with Crippen molar-refractivity contribution in [3.8, 4) is 11.3 Å². The number of fused-ring (bicyclic) bond motifs is 1. The van der Waals surface area contributed by atoms with E-state index in [1.807, 2.05) is 0 Å². The van der Waals surface area contributed by atoms with Crippen LogP contribution in [-0.2, 0) is 17.5 Å². The Bertz CT molecular complexity index is 834. The zero-order chi connectivity index (χ0) is 23.1. The highest BCUT2D eigenvalue weighted by atomic mass is 19.4. The maximum absolute atomic E-state index is 12.7. The number of hydrogen-bond acceptors (Lipinski definition) is 5. The van der Waals surface area contributed by atoms with Gasteiger partial charge in [-0.05, 0) is 30.4 Å². The largest absolute Gasteiger partial charge is 0.419 e. The van der Waals surface area contributed by atoms with E-state index < -0.39 is 30.5 Å². The third kappa shape index (κ3) is 7.40. The van der Waals surface area contributed by atoms with Gasteiger partial charge in [0.15, 0.2) is 0 Å². The third-order valence-electron chi connectivity index (χ3n) is 5.55. The van der Waals surface area contributed by atoms with Gasteiger partial charge in [-0.3, -0.25) is 4.68 Å². The van der Waals surface area contributed by atoms with Gasteiger partial charge in [0.25, 0.3) is 6.43 Å². The van der Waals surface area contributed by atoms with Crippen LogP contribution in [0.15, 0.2) is 24.5 Å². The molecule has 178 valence electrons. The summed E-state index contributed by atoms with van der Waals surface area (Å²) in [5, 5.41) is 6.92. The van der Waals surface area contributed by atoms with Gasteiger partial charge in [-0.15, -0.1) is 0 Å². The number of nitrogens with one attached hydrogen (secondary N) is 1. The summed E-state index contributed by atoms with van der Waals surface area (Å²) in [6.07, 6.45) is 1.37.